The molecule has 0 heterocycles. The molecule has 0 saturated heterocycles. The summed E-state index contributed by atoms with van der Waals surface area (Å²) in [7, 11) is 0. The van der Waals surface area contributed by atoms with Crippen molar-refractivity contribution < 1.29 is 26.7 Å². The third kappa shape index (κ3) is 3.81. The van der Waals surface area contributed by atoms with Crippen molar-refractivity contribution in [1.29, 1.82) is 0 Å². The number of amides is 1. The Hall–Kier alpha value is -0.880. The number of rotatable bonds is 4. The van der Waals surface area contributed by atoms with Crippen molar-refractivity contribution in [3.63, 3.8) is 0 Å². The van der Waals surface area contributed by atoms with E-state index in [-0.39, 0.29) is 12.5 Å². The van der Waals surface area contributed by atoms with Gasteiger partial charge in [-0.2, -0.15) is 22.0 Å². The molecule has 0 rings (SSSR count). The van der Waals surface area contributed by atoms with Crippen molar-refractivity contribution in [2.24, 2.45) is 11.3 Å². The molecule has 0 fully saturated rings. The minimum Gasteiger partial charge on any atom is -0.350 e. The Labute approximate surface area is 96.6 Å². The molecule has 17 heavy (non-hydrogen) atoms. The van der Waals surface area contributed by atoms with Crippen molar-refractivity contribution in [3.8, 4) is 0 Å². The number of carbonyl (C=O) groups excluding carboxylic acids is 1. The average molecular weight is 261 g/mol. The summed E-state index contributed by atoms with van der Waals surface area (Å²) < 4.78 is 60.7. The van der Waals surface area contributed by atoms with E-state index in [4.69, 9.17) is 0 Å². The zero-order valence-corrected chi connectivity index (χ0v) is 10.1. The minimum atomic E-state index is -5.86. The first-order valence-electron chi connectivity index (χ1n) is 5.05. The van der Waals surface area contributed by atoms with E-state index >= 15 is 0 Å². The number of carbonyl (C=O) groups is 1. The average Bonchev–Trinajstić information content (AvgIpc) is 2.12. The van der Waals surface area contributed by atoms with Gasteiger partial charge in [-0.3, -0.25) is 4.79 Å². The Bertz CT molecular complexity index is 283. The molecule has 0 aromatic rings. The van der Waals surface area contributed by atoms with Crippen molar-refractivity contribution in [1.82, 2.24) is 5.32 Å². The molecular weight excluding hydrogens is 245 g/mol. The maximum absolute atomic E-state index is 12.6. The van der Waals surface area contributed by atoms with E-state index in [1.54, 1.807) is 33.0 Å². The first-order chi connectivity index (χ1) is 7.32. The zero-order chi connectivity index (χ0) is 14.1. The lowest BCUT2D eigenvalue weighted by Gasteiger charge is -2.30. The summed E-state index contributed by atoms with van der Waals surface area (Å²) in [5, 5.41) is 1.64. The van der Waals surface area contributed by atoms with E-state index in [2.05, 4.69) is 0 Å². The Morgan fingerprint density at radius 2 is 1.53 bits per heavy atom. The van der Waals surface area contributed by atoms with Gasteiger partial charge in [-0.15, -0.1) is 0 Å². The number of alkyl halides is 5. The largest absolute Gasteiger partial charge is 0.463 e. The van der Waals surface area contributed by atoms with Crippen LogP contribution in [0.15, 0.2) is 0 Å². The second-order valence-electron chi connectivity index (χ2n) is 4.90. The molecule has 0 spiro atoms. The standard InChI is InChI=1S/C10H16F5NO/c1-6(2)8(3,4)5-16-7(17)9(11,12)10(13,14)15/h6H,5H2,1-4H3,(H,16,17). The van der Waals surface area contributed by atoms with E-state index in [0.29, 0.717) is 0 Å². The summed E-state index contributed by atoms with van der Waals surface area (Å²) in [6, 6.07) is 0. The normalized spacial score (nSPS) is 14.0. The van der Waals surface area contributed by atoms with Crippen LogP contribution in [-0.2, 0) is 4.79 Å². The maximum atomic E-state index is 12.6. The topological polar surface area (TPSA) is 29.1 Å². The maximum Gasteiger partial charge on any atom is 0.463 e. The first-order valence-corrected chi connectivity index (χ1v) is 5.05. The molecule has 0 aliphatic rings. The van der Waals surface area contributed by atoms with E-state index in [1.165, 1.54) is 0 Å². The molecule has 0 aliphatic carbocycles. The molecule has 2 nitrogen and oxygen atoms in total. The van der Waals surface area contributed by atoms with Crippen LogP contribution >= 0.6 is 0 Å². The van der Waals surface area contributed by atoms with Gasteiger partial charge in [0, 0.05) is 6.54 Å². The monoisotopic (exact) mass is 261 g/mol. The fourth-order valence-electron chi connectivity index (χ4n) is 0.752. The lowest BCUT2D eigenvalue weighted by molar-refractivity contribution is -0.269. The van der Waals surface area contributed by atoms with Crippen molar-refractivity contribution in [2.75, 3.05) is 6.54 Å². The van der Waals surface area contributed by atoms with Gasteiger partial charge in [-0.1, -0.05) is 27.7 Å². The van der Waals surface area contributed by atoms with Crippen LogP contribution in [0.3, 0.4) is 0 Å². The van der Waals surface area contributed by atoms with Gasteiger partial charge in [-0.05, 0) is 11.3 Å². The van der Waals surface area contributed by atoms with Crippen LogP contribution in [0.25, 0.3) is 0 Å². The molecule has 1 amide bonds. The molecule has 0 saturated carbocycles. The van der Waals surface area contributed by atoms with Gasteiger partial charge in [0.2, 0.25) is 0 Å². The van der Waals surface area contributed by atoms with Gasteiger partial charge >= 0.3 is 12.1 Å². The highest BCUT2D eigenvalue weighted by atomic mass is 19.4. The Kier molecular flexibility index (Phi) is 4.53. The molecule has 102 valence electrons. The molecule has 1 N–H and O–H groups in total. The van der Waals surface area contributed by atoms with Crippen LogP contribution in [0.1, 0.15) is 27.7 Å². The summed E-state index contributed by atoms with van der Waals surface area (Å²) in [5.41, 5.74) is -0.558. The molecule has 0 aromatic heterocycles. The van der Waals surface area contributed by atoms with Crippen LogP contribution in [0.5, 0.6) is 0 Å². The van der Waals surface area contributed by atoms with Gasteiger partial charge in [0.15, 0.2) is 0 Å². The third-order valence-corrected chi connectivity index (χ3v) is 2.91. The fraction of sp³-hybridized carbons (Fsp3) is 0.900. The summed E-state index contributed by atoms with van der Waals surface area (Å²) in [6.45, 7) is 6.67. The van der Waals surface area contributed by atoms with Crippen molar-refractivity contribution in [2.45, 2.75) is 39.8 Å². The SMILES string of the molecule is CC(C)C(C)(C)CNC(=O)C(F)(F)C(F)(F)F. The lowest BCUT2D eigenvalue weighted by Crippen LogP contribution is -2.52. The molecule has 0 aromatic carbocycles. The second-order valence-corrected chi connectivity index (χ2v) is 4.90. The first kappa shape index (κ1) is 16.1. The Morgan fingerprint density at radius 1 is 1.12 bits per heavy atom. The molecule has 0 aliphatic heterocycles. The third-order valence-electron chi connectivity index (χ3n) is 2.91. The summed E-state index contributed by atoms with van der Waals surface area (Å²) >= 11 is 0. The molecule has 0 radical (unpaired) electrons. The van der Waals surface area contributed by atoms with Crippen LogP contribution in [0.4, 0.5) is 22.0 Å². The van der Waals surface area contributed by atoms with Gasteiger partial charge < -0.3 is 5.32 Å². The fourth-order valence-corrected chi connectivity index (χ4v) is 0.752. The predicted octanol–water partition coefficient (Wildman–Crippen LogP) is 2.98. The molecule has 0 atom stereocenters. The highest BCUT2D eigenvalue weighted by Crippen LogP contribution is 2.35. The molecule has 0 unspecified atom stereocenters. The lowest BCUT2D eigenvalue weighted by atomic mass is 9.81. The van der Waals surface area contributed by atoms with E-state index in [9.17, 15) is 26.7 Å². The van der Waals surface area contributed by atoms with E-state index < -0.39 is 23.4 Å². The zero-order valence-electron chi connectivity index (χ0n) is 10.1. The highest BCUT2D eigenvalue weighted by molar-refractivity contribution is 5.84. The smallest absolute Gasteiger partial charge is 0.350 e. The summed E-state index contributed by atoms with van der Waals surface area (Å²) in [5.74, 6) is -7.62. The van der Waals surface area contributed by atoms with Crippen LogP contribution in [0, 0.1) is 11.3 Å². The molecular formula is C10H16F5NO. The van der Waals surface area contributed by atoms with Crippen LogP contribution < -0.4 is 5.32 Å². The number of hydrogen-bond donors (Lipinski definition) is 1. The molecule has 7 heteroatoms. The number of halogens is 5. The predicted molar refractivity (Wildman–Crippen MR) is 52.6 cm³/mol. The van der Waals surface area contributed by atoms with Gasteiger partial charge in [0.25, 0.3) is 5.91 Å². The number of hydrogen-bond acceptors (Lipinski definition) is 1. The quantitative estimate of drug-likeness (QED) is 0.774. The van der Waals surface area contributed by atoms with Gasteiger partial charge in [-0.25, -0.2) is 0 Å². The van der Waals surface area contributed by atoms with E-state index in [0.717, 1.165) is 0 Å². The van der Waals surface area contributed by atoms with Crippen molar-refractivity contribution in [3.05, 3.63) is 0 Å². The summed E-state index contributed by atoms with van der Waals surface area (Å²) in [6.07, 6.45) is -5.86. The Morgan fingerprint density at radius 3 is 1.82 bits per heavy atom. The van der Waals surface area contributed by atoms with Gasteiger partial charge in [0.05, 0.1) is 0 Å². The highest BCUT2D eigenvalue weighted by Gasteiger charge is 2.63. The van der Waals surface area contributed by atoms with Crippen LogP contribution in [-0.4, -0.2) is 24.6 Å². The summed E-state index contributed by atoms with van der Waals surface area (Å²) in [4.78, 5) is 10.8. The van der Waals surface area contributed by atoms with Gasteiger partial charge in [0.1, 0.15) is 0 Å². The molecule has 0 bridgehead atoms. The second kappa shape index (κ2) is 4.78. The van der Waals surface area contributed by atoms with E-state index in [1.807, 2.05) is 0 Å². The minimum absolute atomic E-state index is 0.0299. The van der Waals surface area contributed by atoms with Crippen LogP contribution in [0.2, 0.25) is 0 Å². The number of nitrogens with one attached hydrogen (secondary N) is 1. The van der Waals surface area contributed by atoms with Crippen molar-refractivity contribution >= 4 is 5.91 Å². The Balaban J connectivity index is 4.59.